The van der Waals surface area contributed by atoms with E-state index in [0.717, 1.165) is 9.35 Å². The summed E-state index contributed by atoms with van der Waals surface area (Å²) in [6.07, 6.45) is 0.354. The number of Topliss-reactive ketones (excluding diaryl/α,β-unsaturated/α-hetero) is 1. The number of thiophene rings is 1. The van der Waals surface area contributed by atoms with Gasteiger partial charge in [-0.25, -0.2) is 0 Å². The minimum absolute atomic E-state index is 0.00343. The van der Waals surface area contributed by atoms with Crippen molar-refractivity contribution in [2.75, 3.05) is 7.11 Å². The minimum Gasteiger partial charge on any atom is -0.496 e. The molecule has 5 heteroatoms. The molecule has 2 aromatic rings. The third kappa shape index (κ3) is 3.13. The van der Waals surface area contributed by atoms with E-state index in [1.54, 1.807) is 36.6 Å². The predicted octanol–water partition coefficient (Wildman–Crippen LogP) is 4.60. The first kappa shape index (κ1) is 13.6. The van der Waals surface area contributed by atoms with Crippen LogP contribution < -0.4 is 4.74 Å². The third-order valence-electron chi connectivity index (χ3n) is 2.42. The molecule has 0 amide bonds. The molecule has 0 bridgehead atoms. The third-order valence-corrected chi connectivity index (χ3v) is 4.35. The van der Waals surface area contributed by atoms with E-state index >= 15 is 0 Å². The second-order valence-corrected chi connectivity index (χ2v) is 6.02. The van der Waals surface area contributed by atoms with Crippen LogP contribution in [0.2, 0.25) is 5.02 Å². The molecule has 0 atom stereocenters. The van der Waals surface area contributed by atoms with Crippen LogP contribution in [-0.4, -0.2) is 12.9 Å². The highest BCUT2D eigenvalue weighted by Crippen LogP contribution is 2.26. The summed E-state index contributed by atoms with van der Waals surface area (Å²) in [5.41, 5.74) is 0.523. The molecule has 1 aromatic heterocycles. The first-order valence-electron chi connectivity index (χ1n) is 5.20. The summed E-state index contributed by atoms with van der Waals surface area (Å²) in [4.78, 5) is 13.2. The summed E-state index contributed by atoms with van der Waals surface area (Å²) < 4.78 is 6.17. The van der Waals surface area contributed by atoms with Crippen LogP contribution in [-0.2, 0) is 6.42 Å². The van der Waals surface area contributed by atoms with E-state index in [9.17, 15) is 4.79 Å². The topological polar surface area (TPSA) is 26.3 Å². The summed E-state index contributed by atoms with van der Waals surface area (Å²) in [6.45, 7) is 0. The molecule has 0 radical (unpaired) electrons. The van der Waals surface area contributed by atoms with Gasteiger partial charge < -0.3 is 4.74 Å². The van der Waals surface area contributed by atoms with Gasteiger partial charge in [0.15, 0.2) is 5.78 Å². The molecular formula is C13H10BrClO2S. The van der Waals surface area contributed by atoms with Crippen molar-refractivity contribution in [1.82, 2.24) is 0 Å². The summed E-state index contributed by atoms with van der Waals surface area (Å²) in [6, 6.07) is 7.00. The van der Waals surface area contributed by atoms with Crippen molar-refractivity contribution in [2.24, 2.45) is 0 Å². The number of benzene rings is 1. The molecule has 2 rings (SSSR count). The van der Waals surface area contributed by atoms with Crippen molar-refractivity contribution in [3.63, 3.8) is 0 Å². The van der Waals surface area contributed by atoms with Gasteiger partial charge in [0.2, 0.25) is 0 Å². The standard InChI is InChI=1S/C13H10BrClO2S/c1-17-13-3-2-9(15)5-11(13)12(16)6-10-4-8(14)7-18-10/h2-5,7H,6H2,1H3. The lowest BCUT2D eigenvalue weighted by Crippen LogP contribution is -2.04. The Morgan fingerprint density at radius 3 is 2.83 bits per heavy atom. The maximum Gasteiger partial charge on any atom is 0.171 e. The number of carbonyl (C=O) groups is 1. The van der Waals surface area contributed by atoms with Gasteiger partial charge in [0.25, 0.3) is 0 Å². The Bertz CT molecular complexity index is 580. The Labute approximate surface area is 123 Å². The zero-order valence-corrected chi connectivity index (χ0v) is 12.7. The molecule has 0 aliphatic heterocycles. The second-order valence-electron chi connectivity index (χ2n) is 3.68. The molecule has 0 unspecified atom stereocenters. The Hall–Kier alpha value is -0.840. The van der Waals surface area contributed by atoms with Crippen LogP contribution in [0, 0.1) is 0 Å². The normalized spacial score (nSPS) is 10.4. The monoisotopic (exact) mass is 344 g/mol. The number of carbonyl (C=O) groups excluding carboxylic acids is 1. The zero-order valence-electron chi connectivity index (χ0n) is 9.57. The fourth-order valence-electron chi connectivity index (χ4n) is 1.60. The molecular weight excluding hydrogens is 336 g/mol. The van der Waals surface area contributed by atoms with Crippen molar-refractivity contribution >= 4 is 44.7 Å². The molecule has 1 aromatic carbocycles. The van der Waals surface area contributed by atoms with E-state index in [1.807, 2.05) is 11.4 Å². The SMILES string of the molecule is COc1ccc(Cl)cc1C(=O)Cc1cc(Br)cs1. The number of methoxy groups -OCH3 is 1. The van der Waals surface area contributed by atoms with Crippen LogP contribution in [0.4, 0.5) is 0 Å². The van der Waals surface area contributed by atoms with Crippen molar-refractivity contribution < 1.29 is 9.53 Å². The van der Waals surface area contributed by atoms with Gasteiger partial charge in [-0.15, -0.1) is 11.3 Å². The lowest BCUT2D eigenvalue weighted by molar-refractivity contribution is 0.0991. The highest BCUT2D eigenvalue weighted by atomic mass is 79.9. The predicted molar refractivity (Wildman–Crippen MR) is 78.1 cm³/mol. The van der Waals surface area contributed by atoms with E-state index < -0.39 is 0 Å². The number of halogens is 2. The van der Waals surface area contributed by atoms with Crippen molar-refractivity contribution in [2.45, 2.75) is 6.42 Å². The molecule has 0 saturated heterocycles. The fraction of sp³-hybridized carbons (Fsp3) is 0.154. The highest BCUT2D eigenvalue weighted by Gasteiger charge is 2.14. The lowest BCUT2D eigenvalue weighted by atomic mass is 10.1. The van der Waals surface area contributed by atoms with Gasteiger partial charge >= 0.3 is 0 Å². The van der Waals surface area contributed by atoms with Gasteiger partial charge in [-0.05, 0) is 40.2 Å². The summed E-state index contributed by atoms with van der Waals surface area (Å²) in [7, 11) is 1.54. The van der Waals surface area contributed by atoms with Crippen LogP contribution in [0.15, 0.2) is 34.1 Å². The zero-order chi connectivity index (χ0) is 13.1. The van der Waals surface area contributed by atoms with Gasteiger partial charge in [-0.3, -0.25) is 4.79 Å². The van der Waals surface area contributed by atoms with Gasteiger partial charge in [0.05, 0.1) is 12.7 Å². The van der Waals surface area contributed by atoms with Crippen molar-refractivity contribution in [3.05, 3.63) is 49.6 Å². The van der Waals surface area contributed by atoms with Crippen LogP contribution in [0.3, 0.4) is 0 Å². The first-order chi connectivity index (χ1) is 8.60. The van der Waals surface area contributed by atoms with Gasteiger partial charge in [0.1, 0.15) is 5.75 Å². The molecule has 0 fully saturated rings. The fourth-order valence-corrected chi connectivity index (χ4v) is 3.22. The molecule has 18 heavy (non-hydrogen) atoms. The lowest BCUT2D eigenvalue weighted by Gasteiger charge is -2.07. The summed E-state index contributed by atoms with van der Waals surface area (Å²) in [5, 5.41) is 2.49. The number of ether oxygens (including phenoxy) is 1. The number of hydrogen-bond acceptors (Lipinski definition) is 3. The highest BCUT2D eigenvalue weighted by molar-refractivity contribution is 9.10. The molecule has 2 nitrogen and oxygen atoms in total. The van der Waals surface area contributed by atoms with E-state index in [4.69, 9.17) is 16.3 Å². The maximum absolute atomic E-state index is 12.2. The Kier molecular flexibility index (Phi) is 4.43. The summed E-state index contributed by atoms with van der Waals surface area (Å²) >= 11 is 10.8. The minimum atomic E-state index is 0.00343. The molecule has 0 N–H and O–H groups in total. The van der Waals surface area contributed by atoms with E-state index in [2.05, 4.69) is 15.9 Å². The maximum atomic E-state index is 12.2. The Morgan fingerprint density at radius 2 is 2.22 bits per heavy atom. The van der Waals surface area contributed by atoms with Gasteiger partial charge in [0, 0.05) is 26.2 Å². The second kappa shape index (κ2) is 5.87. The number of ketones is 1. The van der Waals surface area contributed by atoms with Crippen LogP contribution >= 0.6 is 38.9 Å². The van der Waals surface area contributed by atoms with E-state index in [-0.39, 0.29) is 5.78 Å². The van der Waals surface area contributed by atoms with Crippen LogP contribution in [0.25, 0.3) is 0 Å². The number of rotatable bonds is 4. The van der Waals surface area contributed by atoms with Crippen LogP contribution in [0.1, 0.15) is 15.2 Å². The molecule has 0 saturated carbocycles. The average molecular weight is 346 g/mol. The Morgan fingerprint density at radius 1 is 1.44 bits per heavy atom. The molecule has 94 valence electrons. The van der Waals surface area contributed by atoms with E-state index in [1.165, 1.54) is 0 Å². The molecule has 0 aliphatic carbocycles. The van der Waals surface area contributed by atoms with E-state index in [0.29, 0.717) is 22.8 Å². The summed E-state index contributed by atoms with van der Waals surface area (Å²) in [5.74, 6) is 0.559. The largest absolute Gasteiger partial charge is 0.496 e. The van der Waals surface area contributed by atoms with Gasteiger partial charge in [-0.1, -0.05) is 11.6 Å². The van der Waals surface area contributed by atoms with Crippen molar-refractivity contribution in [3.8, 4) is 5.75 Å². The molecule has 0 aliphatic rings. The van der Waals surface area contributed by atoms with Crippen molar-refractivity contribution in [1.29, 1.82) is 0 Å². The quantitative estimate of drug-likeness (QED) is 0.757. The number of hydrogen-bond donors (Lipinski definition) is 0. The first-order valence-corrected chi connectivity index (χ1v) is 7.25. The van der Waals surface area contributed by atoms with Crippen LogP contribution in [0.5, 0.6) is 5.75 Å². The van der Waals surface area contributed by atoms with Gasteiger partial charge in [-0.2, -0.15) is 0 Å². The molecule has 0 spiro atoms. The Balaban J connectivity index is 2.25. The molecule has 1 heterocycles. The smallest absolute Gasteiger partial charge is 0.171 e. The average Bonchev–Trinajstić information content (AvgIpc) is 2.74.